The lowest BCUT2D eigenvalue weighted by molar-refractivity contribution is 0.131. The molecule has 0 aromatic heterocycles. The van der Waals surface area contributed by atoms with Crippen LogP contribution in [0.2, 0.25) is 5.02 Å². The topological polar surface area (TPSA) is 49.9 Å². The SMILES string of the molecule is COc1cccc(S(=O)(=O)CCN2CCN(Cc3c(F)cccc3Cl)CC2)c1. The molecule has 1 heterocycles. The van der Waals surface area contributed by atoms with Crippen LogP contribution in [0.4, 0.5) is 4.39 Å². The predicted molar refractivity (Wildman–Crippen MR) is 108 cm³/mol. The summed E-state index contributed by atoms with van der Waals surface area (Å²) in [4.78, 5) is 4.54. The third-order valence-corrected chi connectivity index (χ3v) is 7.03. The standard InChI is InChI=1S/C20H24ClFN2O3S/c1-27-16-4-2-5-17(14-16)28(25,26)13-12-23-8-10-24(11-9-23)15-18-19(21)6-3-7-20(18)22/h2-7,14H,8-13,15H2,1H3. The summed E-state index contributed by atoms with van der Waals surface area (Å²) in [6, 6.07) is 11.3. The number of hydrogen-bond acceptors (Lipinski definition) is 5. The lowest BCUT2D eigenvalue weighted by atomic mass is 10.2. The first-order valence-corrected chi connectivity index (χ1v) is 11.2. The maximum Gasteiger partial charge on any atom is 0.179 e. The third-order valence-electron chi connectivity index (χ3n) is 4.98. The number of halogens is 2. The normalized spacial score (nSPS) is 16.2. The van der Waals surface area contributed by atoms with Gasteiger partial charge in [-0.3, -0.25) is 9.80 Å². The monoisotopic (exact) mass is 426 g/mol. The van der Waals surface area contributed by atoms with E-state index in [9.17, 15) is 12.8 Å². The van der Waals surface area contributed by atoms with Gasteiger partial charge in [-0.05, 0) is 30.3 Å². The van der Waals surface area contributed by atoms with Crippen molar-refractivity contribution in [2.45, 2.75) is 11.4 Å². The summed E-state index contributed by atoms with van der Waals surface area (Å²) in [6.45, 7) is 3.88. The van der Waals surface area contributed by atoms with Gasteiger partial charge in [0.25, 0.3) is 0 Å². The highest BCUT2D eigenvalue weighted by Crippen LogP contribution is 2.22. The molecule has 2 aromatic rings. The van der Waals surface area contributed by atoms with Crippen LogP contribution in [-0.2, 0) is 16.4 Å². The average molecular weight is 427 g/mol. The maximum atomic E-state index is 14.0. The van der Waals surface area contributed by atoms with Crippen molar-refractivity contribution in [3.63, 3.8) is 0 Å². The highest BCUT2D eigenvalue weighted by Gasteiger charge is 2.22. The van der Waals surface area contributed by atoms with E-state index < -0.39 is 9.84 Å². The molecule has 1 fully saturated rings. The molecule has 0 saturated carbocycles. The Hall–Kier alpha value is -1.67. The molecular formula is C20H24ClFN2O3S. The highest BCUT2D eigenvalue weighted by molar-refractivity contribution is 7.91. The van der Waals surface area contributed by atoms with Crippen molar-refractivity contribution >= 4 is 21.4 Å². The molecule has 3 rings (SSSR count). The summed E-state index contributed by atoms with van der Waals surface area (Å²) < 4.78 is 44.2. The van der Waals surface area contributed by atoms with Crippen LogP contribution in [0.5, 0.6) is 5.75 Å². The second-order valence-electron chi connectivity index (χ2n) is 6.82. The minimum absolute atomic E-state index is 0.0549. The fourth-order valence-corrected chi connectivity index (χ4v) is 4.78. The van der Waals surface area contributed by atoms with Gasteiger partial charge < -0.3 is 4.74 Å². The second-order valence-corrected chi connectivity index (χ2v) is 9.33. The Morgan fingerprint density at radius 3 is 2.43 bits per heavy atom. The number of ether oxygens (including phenoxy) is 1. The van der Waals surface area contributed by atoms with Crippen molar-refractivity contribution in [3.05, 3.63) is 58.9 Å². The predicted octanol–water partition coefficient (Wildman–Crippen LogP) is 3.08. The van der Waals surface area contributed by atoms with Crippen molar-refractivity contribution in [2.75, 3.05) is 45.6 Å². The van der Waals surface area contributed by atoms with Gasteiger partial charge in [0.05, 0.1) is 17.8 Å². The summed E-state index contributed by atoms with van der Waals surface area (Å²) in [5.41, 5.74) is 0.512. The molecule has 0 aliphatic carbocycles. The first kappa shape index (κ1) is 21.0. The zero-order chi connectivity index (χ0) is 20.1. The van der Waals surface area contributed by atoms with Gasteiger partial charge in [0.15, 0.2) is 9.84 Å². The Labute approximate surface area is 170 Å². The van der Waals surface area contributed by atoms with Crippen molar-refractivity contribution in [3.8, 4) is 5.75 Å². The Bertz CT molecular complexity index is 895. The number of rotatable bonds is 7. The van der Waals surface area contributed by atoms with Crippen LogP contribution in [0.1, 0.15) is 5.56 Å². The molecule has 8 heteroatoms. The van der Waals surface area contributed by atoms with Crippen LogP contribution < -0.4 is 4.74 Å². The summed E-state index contributed by atoms with van der Waals surface area (Å²) in [5, 5.41) is 0.437. The molecule has 1 aliphatic rings. The van der Waals surface area contributed by atoms with E-state index in [1.165, 1.54) is 13.2 Å². The van der Waals surface area contributed by atoms with Crippen molar-refractivity contribution in [1.29, 1.82) is 0 Å². The van der Waals surface area contributed by atoms with E-state index >= 15 is 0 Å². The van der Waals surface area contributed by atoms with Crippen molar-refractivity contribution in [1.82, 2.24) is 9.80 Å². The largest absolute Gasteiger partial charge is 0.497 e. The fraction of sp³-hybridized carbons (Fsp3) is 0.400. The molecule has 0 spiro atoms. The second kappa shape index (κ2) is 9.22. The zero-order valence-corrected chi connectivity index (χ0v) is 17.3. The summed E-state index contributed by atoms with van der Waals surface area (Å²) in [6.07, 6.45) is 0. The van der Waals surface area contributed by atoms with E-state index in [1.54, 1.807) is 36.4 Å². The van der Waals surface area contributed by atoms with Crippen LogP contribution in [0.25, 0.3) is 0 Å². The van der Waals surface area contributed by atoms with Gasteiger partial charge >= 0.3 is 0 Å². The van der Waals surface area contributed by atoms with Gasteiger partial charge in [0.2, 0.25) is 0 Å². The molecule has 0 amide bonds. The van der Waals surface area contributed by atoms with Crippen molar-refractivity contribution in [2.24, 2.45) is 0 Å². The van der Waals surface area contributed by atoms with Crippen LogP contribution in [0, 0.1) is 5.82 Å². The molecular weight excluding hydrogens is 403 g/mol. The maximum absolute atomic E-state index is 14.0. The molecule has 28 heavy (non-hydrogen) atoms. The van der Waals surface area contributed by atoms with E-state index in [-0.39, 0.29) is 16.5 Å². The number of nitrogens with zero attached hydrogens (tertiary/aromatic N) is 2. The number of methoxy groups -OCH3 is 1. The van der Waals surface area contributed by atoms with E-state index in [0.29, 0.717) is 29.4 Å². The van der Waals surface area contributed by atoms with Gasteiger partial charge in [-0.1, -0.05) is 23.7 Å². The van der Waals surface area contributed by atoms with Crippen LogP contribution in [0.3, 0.4) is 0 Å². The number of hydrogen-bond donors (Lipinski definition) is 0. The van der Waals surface area contributed by atoms with Crippen molar-refractivity contribution < 1.29 is 17.5 Å². The van der Waals surface area contributed by atoms with E-state index in [4.69, 9.17) is 16.3 Å². The molecule has 2 aromatic carbocycles. The average Bonchev–Trinajstić information content (AvgIpc) is 2.70. The highest BCUT2D eigenvalue weighted by atomic mass is 35.5. The first-order valence-electron chi connectivity index (χ1n) is 9.13. The smallest absolute Gasteiger partial charge is 0.179 e. The lowest BCUT2D eigenvalue weighted by Gasteiger charge is -2.34. The van der Waals surface area contributed by atoms with Gasteiger partial charge in [-0.2, -0.15) is 0 Å². The Morgan fingerprint density at radius 1 is 1.07 bits per heavy atom. The molecule has 0 bridgehead atoms. The zero-order valence-electron chi connectivity index (χ0n) is 15.8. The Balaban J connectivity index is 1.51. The summed E-state index contributed by atoms with van der Waals surface area (Å²) >= 11 is 6.10. The number of benzene rings is 2. The van der Waals surface area contributed by atoms with E-state index in [1.807, 2.05) is 0 Å². The summed E-state index contributed by atoms with van der Waals surface area (Å²) in [7, 11) is -1.85. The van der Waals surface area contributed by atoms with Crippen LogP contribution >= 0.6 is 11.6 Å². The van der Waals surface area contributed by atoms with Gasteiger partial charge in [-0.25, -0.2) is 12.8 Å². The number of piperazine rings is 1. The first-order chi connectivity index (χ1) is 13.4. The third kappa shape index (κ3) is 5.23. The van der Waals surface area contributed by atoms with Crippen LogP contribution in [0.15, 0.2) is 47.4 Å². The lowest BCUT2D eigenvalue weighted by Crippen LogP contribution is -2.47. The van der Waals surface area contributed by atoms with E-state index in [0.717, 1.165) is 26.2 Å². The van der Waals surface area contributed by atoms with Gasteiger partial charge in [0.1, 0.15) is 11.6 Å². The minimum Gasteiger partial charge on any atom is -0.497 e. The fourth-order valence-electron chi connectivity index (χ4n) is 3.24. The minimum atomic E-state index is -3.37. The molecule has 0 atom stereocenters. The van der Waals surface area contributed by atoms with Gasteiger partial charge in [0, 0.05) is 49.9 Å². The molecule has 0 unspecified atom stereocenters. The number of sulfone groups is 1. The molecule has 1 saturated heterocycles. The molecule has 0 radical (unpaired) electrons. The quantitative estimate of drug-likeness (QED) is 0.681. The Morgan fingerprint density at radius 2 is 1.75 bits per heavy atom. The van der Waals surface area contributed by atoms with Gasteiger partial charge in [-0.15, -0.1) is 0 Å². The summed E-state index contributed by atoms with van der Waals surface area (Å²) in [5.74, 6) is 0.292. The van der Waals surface area contributed by atoms with E-state index in [2.05, 4.69) is 9.80 Å². The molecule has 1 aliphatic heterocycles. The molecule has 152 valence electrons. The van der Waals surface area contributed by atoms with Crippen LogP contribution in [-0.4, -0.2) is 63.8 Å². The molecule has 5 nitrogen and oxygen atoms in total. The molecule has 0 N–H and O–H groups in total. The Kier molecular flexibility index (Phi) is 6.93.